The van der Waals surface area contributed by atoms with E-state index in [-0.39, 0.29) is 30.0 Å². The fourth-order valence-electron chi connectivity index (χ4n) is 3.50. The van der Waals surface area contributed by atoms with Crippen LogP contribution in [0.25, 0.3) is 6.08 Å². The van der Waals surface area contributed by atoms with E-state index in [4.69, 9.17) is 9.47 Å². The first-order valence-electron chi connectivity index (χ1n) is 11.1. The summed E-state index contributed by atoms with van der Waals surface area (Å²) in [6, 6.07) is 17.3. The first kappa shape index (κ1) is 27.1. The number of hydrogen-bond donors (Lipinski definition) is 0. The quantitative estimate of drug-likeness (QED) is 0.101. The highest BCUT2D eigenvalue weighted by atomic mass is 127. The Bertz CT molecular complexity index is 1380. The van der Waals surface area contributed by atoms with Crippen LogP contribution in [0, 0.1) is 13.7 Å². The van der Waals surface area contributed by atoms with Crippen LogP contribution in [0.2, 0.25) is 0 Å². The number of imide groups is 1. The zero-order chi connectivity index (χ0) is 26.5. The Morgan fingerprint density at radius 3 is 2.38 bits per heavy atom. The summed E-state index contributed by atoms with van der Waals surface area (Å²) in [6.45, 7) is 2.61. The monoisotopic (exact) mass is 694 g/mol. The number of nitro groups is 1. The van der Waals surface area contributed by atoms with Crippen LogP contribution in [0.3, 0.4) is 0 Å². The van der Waals surface area contributed by atoms with E-state index in [1.807, 2.05) is 31.2 Å². The summed E-state index contributed by atoms with van der Waals surface area (Å²) in [4.78, 5) is 37.5. The highest BCUT2D eigenvalue weighted by molar-refractivity contribution is 14.1. The molecule has 1 aliphatic rings. The number of carbonyl (C=O) groups is 2. The third kappa shape index (κ3) is 6.70. The number of thioether (sulfide) groups is 1. The van der Waals surface area contributed by atoms with Crippen LogP contribution < -0.4 is 9.47 Å². The van der Waals surface area contributed by atoms with E-state index in [9.17, 15) is 19.7 Å². The number of amides is 2. The Morgan fingerprint density at radius 2 is 1.73 bits per heavy atom. The van der Waals surface area contributed by atoms with Crippen molar-refractivity contribution in [1.82, 2.24) is 4.90 Å². The van der Waals surface area contributed by atoms with Gasteiger partial charge in [-0.3, -0.25) is 24.6 Å². The molecule has 1 heterocycles. The van der Waals surface area contributed by atoms with Crippen molar-refractivity contribution >= 4 is 73.2 Å². The van der Waals surface area contributed by atoms with Crippen molar-refractivity contribution in [3.63, 3.8) is 0 Å². The minimum atomic E-state index is -0.454. The van der Waals surface area contributed by atoms with Gasteiger partial charge in [0.2, 0.25) is 0 Å². The Balaban J connectivity index is 1.52. The molecule has 37 heavy (non-hydrogen) atoms. The summed E-state index contributed by atoms with van der Waals surface area (Å²) in [7, 11) is 0. The molecule has 190 valence electrons. The number of ether oxygens (including phenoxy) is 2. The molecule has 4 rings (SSSR count). The number of nitrogens with zero attached hydrogens (tertiary/aromatic N) is 2. The van der Waals surface area contributed by atoms with Crippen LogP contribution in [-0.4, -0.2) is 27.6 Å². The van der Waals surface area contributed by atoms with E-state index in [1.165, 1.54) is 17.0 Å². The second-order valence-corrected chi connectivity index (χ2v) is 11.0. The lowest BCUT2D eigenvalue weighted by Gasteiger charge is -2.15. The summed E-state index contributed by atoms with van der Waals surface area (Å²) in [5.74, 6) is 0.577. The topological polar surface area (TPSA) is 99.0 Å². The molecule has 0 bridgehead atoms. The van der Waals surface area contributed by atoms with Crippen molar-refractivity contribution < 1.29 is 24.0 Å². The fourth-order valence-corrected chi connectivity index (χ4v) is 5.28. The van der Waals surface area contributed by atoms with Gasteiger partial charge in [-0.15, -0.1) is 0 Å². The average Bonchev–Trinajstić information content (AvgIpc) is 3.12. The average molecular weight is 695 g/mol. The lowest BCUT2D eigenvalue weighted by Crippen LogP contribution is -2.27. The van der Waals surface area contributed by atoms with Gasteiger partial charge in [0, 0.05) is 15.7 Å². The maximum atomic E-state index is 13.0. The van der Waals surface area contributed by atoms with Gasteiger partial charge in [0.25, 0.3) is 16.8 Å². The molecule has 0 unspecified atom stereocenters. The van der Waals surface area contributed by atoms with Gasteiger partial charge in [-0.1, -0.05) is 12.1 Å². The van der Waals surface area contributed by atoms with Gasteiger partial charge in [-0.05, 0) is 116 Å². The van der Waals surface area contributed by atoms with Gasteiger partial charge in [-0.25, -0.2) is 0 Å². The van der Waals surface area contributed by atoms with Crippen LogP contribution in [0.15, 0.2) is 70.0 Å². The van der Waals surface area contributed by atoms with Gasteiger partial charge in [0.15, 0.2) is 11.5 Å². The summed E-state index contributed by atoms with van der Waals surface area (Å²) in [5, 5.41) is 10.5. The summed E-state index contributed by atoms with van der Waals surface area (Å²) < 4.78 is 13.4. The second kappa shape index (κ2) is 12.1. The number of halogens is 2. The lowest BCUT2D eigenvalue weighted by atomic mass is 10.1. The van der Waals surface area contributed by atoms with Crippen LogP contribution in [-0.2, 0) is 17.9 Å². The SMILES string of the molecule is CCOc1cc(/C=C2/SC(=O)N(Cc3ccc(I)cc3)C2=O)cc(Br)c1OCc1ccc([N+](=O)[O-])cc1. The molecule has 1 aliphatic heterocycles. The third-order valence-corrected chi connectivity index (χ3v) is 7.50. The molecule has 2 amide bonds. The normalized spacial score (nSPS) is 14.4. The first-order chi connectivity index (χ1) is 17.7. The van der Waals surface area contributed by atoms with E-state index in [0.29, 0.717) is 33.0 Å². The molecular weight excluding hydrogens is 675 g/mol. The third-order valence-electron chi connectivity index (χ3n) is 5.29. The number of rotatable bonds is 9. The smallest absolute Gasteiger partial charge is 0.293 e. The van der Waals surface area contributed by atoms with Gasteiger partial charge < -0.3 is 9.47 Å². The molecule has 3 aromatic rings. The lowest BCUT2D eigenvalue weighted by molar-refractivity contribution is -0.384. The van der Waals surface area contributed by atoms with Crippen LogP contribution in [0.5, 0.6) is 11.5 Å². The van der Waals surface area contributed by atoms with E-state index in [0.717, 1.165) is 26.5 Å². The number of benzene rings is 3. The summed E-state index contributed by atoms with van der Waals surface area (Å²) in [5.41, 5.74) is 2.30. The molecular formula is C26H20BrIN2O6S. The van der Waals surface area contributed by atoms with Crippen molar-refractivity contribution in [3.05, 3.63) is 100 Å². The van der Waals surface area contributed by atoms with E-state index in [2.05, 4.69) is 38.5 Å². The Hall–Kier alpha value is -2.90. The van der Waals surface area contributed by atoms with Crippen LogP contribution in [0.1, 0.15) is 23.6 Å². The Kier molecular flexibility index (Phi) is 8.87. The zero-order valence-corrected chi connectivity index (χ0v) is 24.0. The fraction of sp³-hybridized carbons (Fsp3) is 0.154. The molecule has 8 nitrogen and oxygen atoms in total. The molecule has 0 aliphatic carbocycles. The van der Waals surface area contributed by atoms with Crippen LogP contribution >= 0.6 is 50.3 Å². The van der Waals surface area contributed by atoms with E-state index < -0.39 is 4.92 Å². The minimum Gasteiger partial charge on any atom is -0.490 e. The number of nitro benzene ring substituents is 1. The van der Waals surface area contributed by atoms with Gasteiger partial charge in [0.1, 0.15) is 6.61 Å². The minimum absolute atomic E-state index is 0.00671. The van der Waals surface area contributed by atoms with Crippen LogP contribution in [0.4, 0.5) is 10.5 Å². The molecule has 0 spiro atoms. The highest BCUT2D eigenvalue weighted by Gasteiger charge is 2.35. The second-order valence-electron chi connectivity index (χ2n) is 7.87. The molecule has 1 saturated heterocycles. The van der Waals surface area contributed by atoms with Crippen molar-refractivity contribution in [3.8, 4) is 11.5 Å². The van der Waals surface area contributed by atoms with Crippen molar-refractivity contribution in [2.75, 3.05) is 6.61 Å². The predicted octanol–water partition coefficient (Wildman–Crippen LogP) is 7.18. The first-order valence-corrected chi connectivity index (χ1v) is 13.8. The molecule has 0 saturated carbocycles. The van der Waals surface area contributed by atoms with Gasteiger partial charge in [0.05, 0.1) is 27.5 Å². The van der Waals surface area contributed by atoms with E-state index in [1.54, 1.807) is 30.3 Å². The number of carbonyl (C=O) groups excluding carboxylic acids is 2. The van der Waals surface area contributed by atoms with E-state index >= 15 is 0 Å². The van der Waals surface area contributed by atoms with Crippen molar-refractivity contribution in [2.45, 2.75) is 20.1 Å². The molecule has 0 atom stereocenters. The highest BCUT2D eigenvalue weighted by Crippen LogP contribution is 2.40. The summed E-state index contributed by atoms with van der Waals surface area (Å²) >= 11 is 6.62. The molecule has 11 heteroatoms. The van der Waals surface area contributed by atoms with Crippen molar-refractivity contribution in [2.24, 2.45) is 0 Å². The zero-order valence-electron chi connectivity index (χ0n) is 19.5. The molecule has 3 aromatic carbocycles. The number of non-ortho nitro benzene ring substituents is 1. The summed E-state index contributed by atoms with van der Waals surface area (Å²) in [6.07, 6.45) is 1.66. The van der Waals surface area contributed by atoms with Gasteiger partial charge >= 0.3 is 0 Å². The molecule has 0 N–H and O–H groups in total. The van der Waals surface area contributed by atoms with Gasteiger partial charge in [-0.2, -0.15) is 0 Å². The Morgan fingerprint density at radius 1 is 1.05 bits per heavy atom. The largest absolute Gasteiger partial charge is 0.490 e. The number of hydrogen-bond acceptors (Lipinski definition) is 7. The van der Waals surface area contributed by atoms with Crippen molar-refractivity contribution in [1.29, 1.82) is 0 Å². The molecule has 1 fully saturated rings. The Labute approximate surface area is 239 Å². The standard InChI is InChI=1S/C26H20BrIN2O6S/c1-2-35-22-12-18(11-21(27)24(22)36-15-17-5-9-20(10-6-17)30(33)34)13-23-25(31)29(26(32)37-23)14-16-3-7-19(28)8-4-16/h3-13H,2,14-15H2,1H3/b23-13+. The molecule has 0 radical (unpaired) electrons. The maximum Gasteiger partial charge on any atom is 0.293 e. The molecule has 0 aromatic heterocycles. The maximum absolute atomic E-state index is 13.0. The predicted molar refractivity (Wildman–Crippen MR) is 153 cm³/mol.